The quantitative estimate of drug-likeness (QED) is 0.252. The Morgan fingerprint density at radius 3 is 2.54 bits per heavy atom. The number of rotatable bonds is 9. The molecule has 204 valence electrons. The van der Waals surface area contributed by atoms with E-state index in [-0.39, 0.29) is 23.4 Å². The summed E-state index contributed by atoms with van der Waals surface area (Å²) in [7, 11) is -1.99. The number of fused-ring (bicyclic) bond motifs is 1. The van der Waals surface area contributed by atoms with Crippen molar-refractivity contribution >= 4 is 42.6 Å². The van der Waals surface area contributed by atoms with E-state index in [2.05, 4.69) is 4.98 Å². The highest BCUT2D eigenvalue weighted by Crippen LogP contribution is 2.33. The van der Waals surface area contributed by atoms with Crippen molar-refractivity contribution in [3.8, 4) is 5.75 Å². The van der Waals surface area contributed by atoms with Crippen LogP contribution in [0.2, 0.25) is 0 Å². The number of nitrogens with zero attached hydrogens (tertiary/aromatic N) is 4. The molecule has 1 fully saturated rings. The first-order valence-corrected chi connectivity index (χ1v) is 15.4. The van der Waals surface area contributed by atoms with Crippen molar-refractivity contribution in [1.29, 1.82) is 0 Å². The van der Waals surface area contributed by atoms with Crippen LogP contribution in [0.4, 0.5) is 5.13 Å². The number of hydrogen-bond donors (Lipinski definition) is 0. The number of anilines is 1. The monoisotopic (exact) mass is 564 g/mol. The van der Waals surface area contributed by atoms with Gasteiger partial charge in [0.15, 0.2) is 5.13 Å². The highest BCUT2D eigenvalue weighted by molar-refractivity contribution is 7.89. The van der Waals surface area contributed by atoms with Crippen LogP contribution in [0.5, 0.6) is 5.75 Å². The van der Waals surface area contributed by atoms with Gasteiger partial charge in [-0.25, -0.2) is 13.4 Å². The van der Waals surface area contributed by atoms with E-state index in [1.807, 2.05) is 37.3 Å². The van der Waals surface area contributed by atoms with Gasteiger partial charge in [-0.05, 0) is 73.9 Å². The van der Waals surface area contributed by atoms with E-state index in [0.29, 0.717) is 17.3 Å². The lowest BCUT2D eigenvalue weighted by molar-refractivity contribution is 0.0985. The minimum absolute atomic E-state index is 0.0160. The molecular weight excluding hydrogens is 532 g/mol. The van der Waals surface area contributed by atoms with Crippen LogP contribution in [0.15, 0.2) is 71.9 Å². The van der Waals surface area contributed by atoms with Gasteiger partial charge >= 0.3 is 0 Å². The molecule has 1 saturated carbocycles. The first-order valence-electron chi connectivity index (χ1n) is 13.2. The van der Waals surface area contributed by atoms with Crippen LogP contribution in [-0.2, 0) is 16.6 Å². The summed E-state index contributed by atoms with van der Waals surface area (Å²) >= 11 is 1.41. The van der Waals surface area contributed by atoms with Crippen LogP contribution in [0.25, 0.3) is 10.2 Å². The molecule has 0 bridgehead atoms. The topological polar surface area (TPSA) is 92.7 Å². The van der Waals surface area contributed by atoms with E-state index in [1.54, 1.807) is 36.5 Å². The van der Waals surface area contributed by atoms with Crippen molar-refractivity contribution in [2.45, 2.75) is 56.5 Å². The third-order valence-electron chi connectivity index (χ3n) is 7.07. The highest BCUT2D eigenvalue weighted by Gasteiger charge is 2.29. The average molecular weight is 565 g/mol. The summed E-state index contributed by atoms with van der Waals surface area (Å²) in [6, 6.07) is 15.6. The molecule has 8 nitrogen and oxygen atoms in total. The molecule has 10 heteroatoms. The molecular formula is C29H32N4O4S2. The minimum atomic E-state index is -3.65. The summed E-state index contributed by atoms with van der Waals surface area (Å²) in [5, 5.41) is 0.543. The second-order valence-electron chi connectivity index (χ2n) is 9.65. The molecule has 1 amide bonds. The lowest BCUT2D eigenvalue weighted by Crippen LogP contribution is -2.38. The van der Waals surface area contributed by atoms with Crippen molar-refractivity contribution in [2.75, 3.05) is 18.6 Å². The van der Waals surface area contributed by atoms with Crippen molar-refractivity contribution in [3.63, 3.8) is 0 Å². The molecule has 0 N–H and O–H groups in total. The molecule has 2 heterocycles. The fourth-order valence-corrected chi connectivity index (χ4v) is 7.31. The predicted octanol–water partition coefficient (Wildman–Crippen LogP) is 5.89. The van der Waals surface area contributed by atoms with E-state index in [0.717, 1.165) is 53.6 Å². The third-order valence-corrected chi connectivity index (χ3v) is 10.0. The van der Waals surface area contributed by atoms with Crippen LogP contribution in [0, 0.1) is 0 Å². The predicted molar refractivity (Wildman–Crippen MR) is 154 cm³/mol. The normalized spacial score (nSPS) is 14.5. The molecule has 5 rings (SSSR count). The number of hydrogen-bond acceptors (Lipinski definition) is 7. The van der Waals surface area contributed by atoms with Crippen LogP contribution in [0.1, 0.15) is 54.9 Å². The van der Waals surface area contributed by atoms with E-state index in [9.17, 15) is 13.2 Å². The number of amides is 1. The van der Waals surface area contributed by atoms with Gasteiger partial charge in [0, 0.05) is 31.0 Å². The fourth-order valence-electron chi connectivity index (χ4n) is 4.90. The Morgan fingerprint density at radius 2 is 1.85 bits per heavy atom. The summed E-state index contributed by atoms with van der Waals surface area (Å²) in [5.41, 5.74) is 2.01. The van der Waals surface area contributed by atoms with Crippen LogP contribution in [0.3, 0.4) is 0 Å². The second kappa shape index (κ2) is 11.8. The zero-order chi connectivity index (χ0) is 27.4. The molecule has 0 atom stereocenters. The molecule has 0 aliphatic heterocycles. The molecule has 39 heavy (non-hydrogen) atoms. The van der Waals surface area contributed by atoms with Gasteiger partial charge in [-0.15, -0.1) is 0 Å². The number of aromatic nitrogens is 2. The summed E-state index contributed by atoms with van der Waals surface area (Å²) in [6.07, 6.45) is 8.41. The molecule has 0 radical (unpaired) electrons. The van der Waals surface area contributed by atoms with Gasteiger partial charge in [0.2, 0.25) is 10.0 Å². The molecule has 4 aromatic rings. The van der Waals surface area contributed by atoms with Crippen molar-refractivity contribution in [3.05, 3.63) is 78.1 Å². The zero-order valence-electron chi connectivity index (χ0n) is 22.1. The first kappa shape index (κ1) is 27.2. The zero-order valence-corrected chi connectivity index (χ0v) is 23.7. The maximum Gasteiger partial charge on any atom is 0.260 e. The lowest BCUT2D eigenvalue weighted by atomic mass is 9.96. The number of sulfonamides is 1. The Morgan fingerprint density at radius 1 is 1.08 bits per heavy atom. The summed E-state index contributed by atoms with van der Waals surface area (Å²) in [4.78, 5) is 24.5. The van der Waals surface area contributed by atoms with Gasteiger partial charge in [-0.3, -0.25) is 14.7 Å². The third kappa shape index (κ3) is 5.98. The van der Waals surface area contributed by atoms with Crippen LogP contribution < -0.4 is 9.64 Å². The molecule has 2 aromatic heterocycles. The van der Waals surface area contributed by atoms with E-state index < -0.39 is 10.0 Å². The fraction of sp³-hybridized carbons (Fsp3) is 0.345. The minimum Gasteiger partial charge on any atom is -0.494 e. The molecule has 0 spiro atoms. The number of pyridine rings is 1. The lowest BCUT2D eigenvalue weighted by Gasteiger charge is -2.30. The van der Waals surface area contributed by atoms with E-state index >= 15 is 0 Å². The Labute approximate surface area is 233 Å². The van der Waals surface area contributed by atoms with Gasteiger partial charge in [-0.2, -0.15) is 4.31 Å². The van der Waals surface area contributed by atoms with Gasteiger partial charge in [-0.1, -0.05) is 36.7 Å². The van der Waals surface area contributed by atoms with Crippen molar-refractivity contribution < 1.29 is 17.9 Å². The number of carbonyl (C=O) groups excluding carboxylic acids is 1. The standard InChI is InChI=1S/C29H32N4O4S2/c1-3-37-24-13-16-26-27(18-24)38-29(31-26)33(20-21-8-7-17-30-19-21)28(34)22-11-14-25(15-12-22)39(35,36)32(2)23-9-5-4-6-10-23/h7-8,11-19,23H,3-6,9-10,20H2,1-2H3. The maximum atomic E-state index is 13.8. The van der Waals surface area contributed by atoms with E-state index in [4.69, 9.17) is 9.72 Å². The Balaban J connectivity index is 1.44. The number of carbonyl (C=O) groups is 1. The Hall–Kier alpha value is -3.34. The first-order chi connectivity index (χ1) is 18.9. The van der Waals surface area contributed by atoms with Crippen LogP contribution >= 0.6 is 11.3 Å². The highest BCUT2D eigenvalue weighted by atomic mass is 32.2. The molecule has 1 aliphatic carbocycles. The summed E-state index contributed by atoms with van der Waals surface area (Å²) < 4.78 is 34.6. The summed E-state index contributed by atoms with van der Waals surface area (Å²) in [6.45, 7) is 2.77. The van der Waals surface area contributed by atoms with E-state index in [1.165, 1.54) is 27.8 Å². The van der Waals surface area contributed by atoms with Crippen molar-refractivity contribution in [1.82, 2.24) is 14.3 Å². The molecule has 0 unspecified atom stereocenters. The van der Waals surface area contributed by atoms with Gasteiger partial charge in [0.1, 0.15) is 5.75 Å². The Bertz CT molecular complexity index is 1530. The smallest absolute Gasteiger partial charge is 0.260 e. The SMILES string of the molecule is CCOc1ccc2nc(N(Cc3cccnc3)C(=O)c3ccc(S(=O)(=O)N(C)C4CCCCC4)cc3)sc2c1. The maximum absolute atomic E-state index is 13.8. The van der Waals surface area contributed by atoms with Crippen molar-refractivity contribution in [2.24, 2.45) is 0 Å². The molecule has 0 saturated heterocycles. The van der Waals surface area contributed by atoms with Gasteiger partial charge < -0.3 is 4.74 Å². The largest absolute Gasteiger partial charge is 0.494 e. The average Bonchev–Trinajstić information content (AvgIpc) is 3.39. The number of benzene rings is 2. The van der Waals surface area contributed by atoms with Gasteiger partial charge in [0.05, 0.1) is 28.3 Å². The molecule has 2 aromatic carbocycles. The summed E-state index contributed by atoms with van der Waals surface area (Å²) in [5.74, 6) is 0.479. The second-order valence-corrected chi connectivity index (χ2v) is 12.7. The molecule has 1 aliphatic rings. The Kier molecular flexibility index (Phi) is 8.25. The van der Waals surface area contributed by atoms with Crippen LogP contribution in [-0.4, -0.2) is 48.3 Å². The number of thiazole rings is 1. The number of ether oxygens (including phenoxy) is 1. The van der Waals surface area contributed by atoms with Gasteiger partial charge in [0.25, 0.3) is 5.91 Å².